The lowest BCUT2D eigenvalue weighted by Gasteiger charge is -2.41. The number of nitrogens with one attached hydrogen (secondary N) is 2. The van der Waals surface area contributed by atoms with Gasteiger partial charge < -0.3 is 20.3 Å². The molecule has 0 spiro atoms. The van der Waals surface area contributed by atoms with E-state index in [1.54, 1.807) is 12.0 Å². The van der Waals surface area contributed by atoms with E-state index >= 15 is 0 Å². The molecule has 0 unspecified atom stereocenters. The summed E-state index contributed by atoms with van der Waals surface area (Å²) in [7, 11) is 1.60. The normalized spacial score (nSPS) is 16.3. The van der Waals surface area contributed by atoms with Crippen LogP contribution in [0.1, 0.15) is 12.8 Å². The second-order valence-electron chi connectivity index (χ2n) is 5.85. The van der Waals surface area contributed by atoms with Crippen LogP contribution in [0.5, 0.6) is 0 Å². The number of methoxy groups -OCH3 is 1. The highest BCUT2D eigenvalue weighted by atomic mass is 16.5. The highest BCUT2D eigenvalue weighted by Crippen LogP contribution is 2.27. The number of nitrogens with zero attached hydrogens (tertiary/aromatic N) is 1. The number of carbonyl (C=O) groups excluding carboxylic acids is 2. The van der Waals surface area contributed by atoms with Crippen LogP contribution in [0, 0.1) is 0 Å². The number of amides is 2. The molecule has 1 aliphatic rings. The van der Waals surface area contributed by atoms with E-state index in [4.69, 9.17) is 4.74 Å². The predicted molar refractivity (Wildman–Crippen MR) is 93.7 cm³/mol. The molecular weight excluding hydrogens is 306 g/mol. The van der Waals surface area contributed by atoms with Gasteiger partial charge in [0, 0.05) is 32.4 Å². The molecule has 2 amide bonds. The van der Waals surface area contributed by atoms with Crippen LogP contribution >= 0.6 is 0 Å². The number of likely N-dealkylation sites (tertiary alicyclic amines) is 1. The monoisotopic (exact) mass is 331 g/mol. The first-order valence-electron chi connectivity index (χ1n) is 8.13. The second kappa shape index (κ2) is 8.49. The van der Waals surface area contributed by atoms with Crippen molar-refractivity contribution < 1.29 is 14.3 Å². The third kappa shape index (κ3) is 4.35. The van der Waals surface area contributed by atoms with Crippen LogP contribution < -0.4 is 10.6 Å². The first-order valence-corrected chi connectivity index (χ1v) is 8.13. The van der Waals surface area contributed by atoms with Crippen LogP contribution in [0.25, 0.3) is 0 Å². The molecule has 6 heteroatoms. The maximum atomic E-state index is 12.8. The van der Waals surface area contributed by atoms with Crippen molar-refractivity contribution in [1.29, 1.82) is 0 Å². The van der Waals surface area contributed by atoms with Crippen LogP contribution in [0.2, 0.25) is 0 Å². The zero-order valence-electron chi connectivity index (χ0n) is 14.1. The van der Waals surface area contributed by atoms with Crippen molar-refractivity contribution in [2.75, 3.05) is 38.7 Å². The first-order chi connectivity index (χ1) is 11.6. The molecule has 130 valence electrons. The van der Waals surface area contributed by atoms with Crippen LogP contribution in [0.3, 0.4) is 0 Å². The molecule has 0 aliphatic carbocycles. The fraction of sp³-hybridized carbons (Fsp3) is 0.444. The van der Waals surface area contributed by atoms with Crippen LogP contribution in [0.15, 0.2) is 43.0 Å². The molecule has 2 rings (SSSR count). The standard InChI is InChI=1S/C18H25N3O3/c1-3-16(22)21-12-9-18(10-13-21,17(23)19-11-14-24-2)20-15-7-5-4-6-8-15/h3-8,20H,1,9-14H2,2H3,(H,19,23). The molecule has 0 aromatic heterocycles. The Hall–Kier alpha value is -2.34. The molecule has 24 heavy (non-hydrogen) atoms. The summed E-state index contributed by atoms with van der Waals surface area (Å²) in [5.41, 5.74) is 0.162. The molecule has 6 nitrogen and oxygen atoms in total. The van der Waals surface area contributed by atoms with Gasteiger partial charge in [-0.1, -0.05) is 24.8 Å². The van der Waals surface area contributed by atoms with Crippen molar-refractivity contribution in [1.82, 2.24) is 10.2 Å². The van der Waals surface area contributed by atoms with Gasteiger partial charge in [0.25, 0.3) is 0 Å². The summed E-state index contributed by atoms with van der Waals surface area (Å²) in [4.78, 5) is 26.3. The third-order valence-corrected chi connectivity index (χ3v) is 4.29. The molecular formula is C18H25N3O3. The predicted octanol–water partition coefficient (Wildman–Crippen LogP) is 1.41. The van der Waals surface area contributed by atoms with E-state index < -0.39 is 5.54 Å². The molecule has 0 atom stereocenters. The quantitative estimate of drug-likeness (QED) is 0.585. The second-order valence-corrected chi connectivity index (χ2v) is 5.85. The van der Waals surface area contributed by atoms with E-state index in [0.717, 1.165) is 5.69 Å². The average Bonchev–Trinajstić information content (AvgIpc) is 2.62. The molecule has 1 saturated heterocycles. The number of benzene rings is 1. The van der Waals surface area contributed by atoms with Gasteiger partial charge in [0.2, 0.25) is 11.8 Å². The number of hydrogen-bond acceptors (Lipinski definition) is 4. The van der Waals surface area contributed by atoms with Gasteiger partial charge in [-0.2, -0.15) is 0 Å². The van der Waals surface area contributed by atoms with E-state index in [-0.39, 0.29) is 11.8 Å². The lowest BCUT2D eigenvalue weighted by atomic mass is 9.85. The summed E-state index contributed by atoms with van der Waals surface area (Å²) in [6, 6.07) is 9.66. The van der Waals surface area contributed by atoms with Gasteiger partial charge in [-0.3, -0.25) is 9.59 Å². The van der Waals surface area contributed by atoms with E-state index in [9.17, 15) is 9.59 Å². The third-order valence-electron chi connectivity index (χ3n) is 4.29. The fourth-order valence-corrected chi connectivity index (χ4v) is 2.88. The summed E-state index contributed by atoms with van der Waals surface area (Å²) in [5.74, 6) is -0.155. The summed E-state index contributed by atoms with van der Waals surface area (Å²) in [5, 5.41) is 6.30. The Morgan fingerprint density at radius 1 is 1.29 bits per heavy atom. The number of ether oxygens (including phenoxy) is 1. The van der Waals surface area contributed by atoms with Crippen LogP contribution in [-0.2, 0) is 14.3 Å². The van der Waals surface area contributed by atoms with Crippen LogP contribution in [0.4, 0.5) is 5.69 Å². The largest absolute Gasteiger partial charge is 0.383 e. The van der Waals surface area contributed by atoms with E-state index in [2.05, 4.69) is 17.2 Å². The van der Waals surface area contributed by atoms with Gasteiger partial charge in [-0.15, -0.1) is 0 Å². The molecule has 1 aromatic carbocycles. The number of para-hydroxylation sites is 1. The Balaban J connectivity index is 2.12. The smallest absolute Gasteiger partial charge is 0.245 e. The summed E-state index contributed by atoms with van der Waals surface area (Å²) in [6.45, 7) is 5.49. The van der Waals surface area contributed by atoms with Gasteiger partial charge in [0.05, 0.1) is 6.61 Å². The van der Waals surface area contributed by atoms with Crippen molar-refractivity contribution in [3.8, 4) is 0 Å². The molecule has 0 bridgehead atoms. The average molecular weight is 331 g/mol. The van der Waals surface area contributed by atoms with E-state index in [0.29, 0.717) is 39.1 Å². The zero-order chi connectivity index (χ0) is 17.4. The van der Waals surface area contributed by atoms with E-state index in [1.165, 1.54) is 6.08 Å². The number of anilines is 1. The van der Waals surface area contributed by atoms with Gasteiger partial charge in [0.15, 0.2) is 0 Å². The van der Waals surface area contributed by atoms with Gasteiger partial charge >= 0.3 is 0 Å². The van der Waals surface area contributed by atoms with Gasteiger partial charge in [0.1, 0.15) is 5.54 Å². The number of piperidine rings is 1. The minimum absolute atomic E-state index is 0.0610. The number of hydrogen-bond donors (Lipinski definition) is 2. The Morgan fingerprint density at radius 3 is 2.54 bits per heavy atom. The van der Waals surface area contributed by atoms with E-state index in [1.807, 2.05) is 30.3 Å². The maximum absolute atomic E-state index is 12.8. The summed E-state index contributed by atoms with van der Waals surface area (Å²) >= 11 is 0. The molecule has 1 heterocycles. The first kappa shape index (κ1) is 18.0. The van der Waals surface area contributed by atoms with Crippen molar-refractivity contribution in [2.45, 2.75) is 18.4 Å². The molecule has 2 N–H and O–H groups in total. The zero-order valence-corrected chi connectivity index (χ0v) is 14.1. The lowest BCUT2D eigenvalue weighted by molar-refractivity contribution is -0.132. The van der Waals surface area contributed by atoms with Crippen molar-refractivity contribution >= 4 is 17.5 Å². The Morgan fingerprint density at radius 2 is 1.96 bits per heavy atom. The molecule has 0 saturated carbocycles. The minimum atomic E-state index is -0.729. The van der Waals surface area contributed by atoms with Crippen molar-refractivity contribution in [3.63, 3.8) is 0 Å². The molecule has 1 aliphatic heterocycles. The molecule has 0 radical (unpaired) electrons. The number of carbonyl (C=O) groups is 2. The number of rotatable bonds is 7. The summed E-state index contributed by atoms with van der Waals surface area (Å²) in [6.07, 6.45) is 2.40. The Bertz CT molecular complexity index is 566. The minimum Gasteiger partial charge on any atom is -0.383 e. The molecule has 1 fully saturated rings. The SMILES string of the molecule is C=CC(=O)N1CCC(Nc2ccccc2)(C(=O)NCCOC)CC1. The van der Waals surface area contributed by atoms with Crippen LogP contribution in [-0.4, -0.2) is 55.6 Å². The highest BCUT2D eigenvalue weighted by molar-refractivity contribution is 5.91. The van der Waals surface area contributed by atoms with Gasteiger partial charge in [-0.05, 0) is 31.1 Å². The van der Waals surface area contributed by atoms with Crippen molar-refractivity contribution in [2.24, 2.45) is 0 Å². The van der Waals surface area contributed by atoms with Crippen molar-refractivity contribution in [3.05, 3.63) is 43.0 Å². The van der Waals surface area contributed by atoms with Gasteiger partial charge in [-0.25, -0.2) is 0 Å². The lowest BCUT2D eigenvalue weighted by Crippen LogP contribution is -2.59. The highest BCUT2D eigenvalue weighted by Gasteiger charge is 2.41. The topological polar surface area (TPSA) is 70.7 Å². The Kier molecular flexibility index (Phi) is 6.37. The Labute approximate surface area is 142 Å². The summed E-state index contributed by atoms with van der Waals surface area (Å²) < 4.78 is 4.99. The maximum Gasteiger partial charge on any atom is 0.245 e. The fourth-order valence-electron chi connectivity index (χ4n) is 2.88. The molecule has 1 aromatic rings.